The van der Waals surface area contributed by atoms with Crippen LogP contribution in [0, 0.1) is 0 Å². The number of benzene rings is 1. The summed E-state index contributed by atoms with van der Waals surface area (Å²) in [6.45, 7) is 8.61. The van der Waals surface area contributed by atoms with Gasteiger partial charge >= 0.3 is 0 Å². The molecule has 0 spiro atoms. The van der Waals surface area contributed by atoms with Crippen LogP contribution in [0.3, 0.4) is 0 Å². The molecule has 1 aliphatic heterocycles. The van der Waals surface area contributed by atoms with Gasteiger partial charge < -0.3 is 14.6 Å². The fourth-order valence-corrected chi connectivity index (χ4v) is 2.71. The maximum atomic E-state index is 5.90. The third-order valence-corrected chi connectivity index (χ3v) is 3.77. The summed E-state index contributed by atoms with van der Waals surface area (Å²) in [6, 6.07) is 9.20. The molecule has 0 bridgehead atoms. The molecular formula is C16H23N3O. The van der Waals surface area contributed by atoms with Crippen molar-refractivity contribution in [3.63, 3.8) is 0 Å². The second-order valence-electron chi connectivity index (χ2n) is 6.58. The number of para-hydroxylation sites is 2. The smallest absolute Gasteiger partial charge is 0.298 e. The van der Waals surface area contributed by atoms with Gasteiger partial charge in [0.1, 0.15) is 5.52 Å². The minimum absolute atomic E-state index is 0.148. The monoisotopic (exact) mass is 273 g/mol. The van der Waals surface area contributed by atoms with Gasteiger partial charge in [-0.3, -0.25) is 0 Å². The van der Waals surface area contributed by atoms with Gasteiger partial charge in [0, 0.05) is 24.7 Å². The Morgan fingerprint density at radius 2 is 2.15 bits per heavy atom. The van der Waals surface area contributed by atoms with Crippen molar-refractivity contribution in [3.8, 4) is 0 Å². The highest BCUT2D eigenvalue weighted by Gasteiger charge is 2.29. The average molecular weight is 273 g/mol. The van der Waals surface area contributed by atoms with E-state index in [1.54, 1.807) is 0 Å². The van der Waals surface area contributed by atoms with E-state index in [9.17, 15) is 0 Å². The molecule has 3 rings (SSSR count). The summed E-state index contributed by atoms with van der Waals surface area (Å²) in [5.74, 6) is 0. The third-order valence-electron chi connectivity index (χ3n) is 3.77. The first-order chi connectivity index (χ1) is 9.53. The molecule has 2 heterocycles. The van der Waals surface area contributed by atoms with Gasteiger partial charge in [0.15, 0.2) is 5.58 Å². The molecule has 1 aromatic carbocycles. The molecule has 1 saturated heterocycles. The molecule has 1 unspecified atom stereocenters. The van der Waals surface area contributed by atoms with Crippen molar-refractivity contribution < 1.29 is 4.42 Å². The van der Waals surface area contributed by atoms with E-state index < -0.39 is 0 Å². The average Bonchev–Trinajstić information content (AvgIpc) is 3.01. The van der Waals surface area contributed by atoms with Crippen molar-refractivity contribution in [1.82, 2.24) is 10.3 Å². The molecule has 1 aromatic heterocycles. The molecule has 4 heteroatoms. The van der Waals surface area contributed by atoms with E-state index in [4.69, 9.17) is 4.42 Å². The van der Waals surface area contributed by atoms with Crippen molar-refractivity contribution in [1.29, 1.82) is 0 Å². The number of rotatable bonds is 3. The van der Waals surface area contributed by atoms with Crippen molar-refractivity contribution in [2.45, 2.75) is 45.2 Å². The summed E-state index contributed by atoms with van der Waals surface area (Å²) in [4.78, 5) is 6.93. The number of nitrogens with zero attached hydrogens (tertiary/aromatic N) is 2. The largest absolute Gasteiger partial charge is 0.423 e. The first-order valence-corrected chi connectivity index (χ1v) is 7.40. The Morgan fingerprint density at radius 1 is 1.35 bits per heavy atom. The predicted octanol–water partition coefficient (Wildman–Crippen LogP) is 3.18. The normalized spacial score (nSPS) is 19.9. The summed E-state index contributed by atoms with van der Waals surface area (Å²) >= 11 is 0. The lowest BCUT2D eigenvalue weighted by molar-refractivity contribution is 0.400. The van der Waals surface area contributed by atoms with Gasteiger partial charge in [-0.1, -0.05) is 12.1 Å². The number of hydrogen-bond acceptors (Lipinski definition) is 4. The van der Waals surface area contributed by atoms with Gasteiger partial charge in [-0.25, -0.2) is 0 Å². The van der Waals surface area contributed by atoms with Crippen LogP contribution in [0.1, 0.15) is 33.6 Å². The van der Waals surface area contributed by atoms with Crippen LogP contribution in [0.15, 0.2) is 28.7 Å². The van der Waals surface area contributed by atoms with Gasteiger partial charge in [-0.05, 0) is 45.7 Å². The van der Waals surface area contributed by atoms with Gasteiger partial charge in [0.2, 0.25) is 0 Å². The molecule has 0 saturated carbocycles. The standard InChI is InChI=1S/C16H23N3O/c1-16(2,3)17-11-12-7-6-10-19(12)15-18-13-8-4-5-9-14(13)20-15/h4-5,8-9,12,17H,6-7,10-11H2,1-3H3. The van der Waals surface area contributed by atoms with Crippen LogP contribution >= 0.6 is 0 Å². The summed E-state index contributed by atoms with van der Waals surface area (Å²) in [7, 11) is 0. The van der Waals surface area contributed by atoms with Crippen molar-refractivity contribution in [2.24, 2.45) is 0 Å². The highest BCUT2D eigenvalue weighted by atomic mass is 16.4. The molecule has 4 nitrogen and oxygen atoms in total. The van der Waals surface area contributed by atoms with Crippen LogP contribution in [0.2, 0.25) is 0 Å². The highest BCUT2D eigenvalue weighted by Crippen LogP contribution is 2.28. The lowest BCUT2D eigenvalue weighted by atomic mass is 10.1. The van der Waals surface area contributed by atoms with E-state index in [0.717, 1.165) is 30.2 Å². The van der Waals surface area contributed by atoms with Crippen molar-refractivity contribution in [2.75, 3.05) is 18.0 Å². The summed E-state index contributed by atoms with van der Waals surface area (Å²) < 4.78 is 5.90. The quantitative estimate of drug-likeness (QED) is 0.932. The second-order valence-corrected chi connectivity index (χ2v) is 6.58. The van der Waals surface area contributed by atoms with Gasteiger partial charge in [0.05, 0.1) is 0 Å². The Labute approximate surface area is 120 Å². The third kappa shape index (κ3) is 2.80. The fourth-order valence-electron chi connectivity index (χ4n) is 2.71. The van der Waals surface area contributed by atoms with E-state index in [1.807, 2.05) is 24.3 Å². The molecule has 2 aromatic rings. The number of nitrogens with one attached hydrogen (secondary N) is 1. The lowest BCUT2D eigenvalue weighted by Crippen LogP contribution is -2.45. The van der Waals surface area contributed by atoms with Gasteiger partial charge in [0.25, 0.3) is 6.01 Å². The zero-order valence-corrected chi connectivity index (χ0v) is 12.5. The minimum atomic E-state index is 0.148. The maximum Gasteiger partial charge on any atom is 0.298 e. The van der Waals surface area contributed by atoms with E-state index >= 15 is 0 Å². The zero-order chi connectivity index (χ0) is 14.2. The maximum absolute atomic E-state index is 5.90. The van der Waals surface area contributed by atoms with Crippen LogP contribution in [0.5, 0.6) is 0 Å². The number of oxazole rings is 1. The zero-order valence-electron chi connectivity index (χ0n) is 12.5. The van der Waals surface area contributed by atoms with Crippen LogP contribution < -0.4 is 10.2 Å². The Morgan fingerprint density at radius 3 is 2.90 bits per heavy atom. The summed E-state index contributed by atoms with van der Waals surface area (Å²) in [5.41, 5.74) is 1.96. The molecule has 0 radical (unpaired) electrons. The first-order valence-electron chi connectivity index (χ1n) is 7.40. The van der Waals surface area contributed by atoms with Crippen LogP contribution in [0.4, 0.5) is 6.01 Å². The Kier molecular flexibility index (Phi) is 3.42. The van der Waals surface area contributed by atoms with Crippen LogP contribution in [-0.4, -0.2) is 29.7 Å². The van der Waals surface area contributed by atoms with Crippen LogP contribution in [0.25, 0.3) is 11.1 Å². The fraction of sp³-hybridized carbons (Fsp3) is 0.562. The number of aromatic nitrogens is 1. The number of anilines is 1. The highest BCUT2D eigenvalue weighted by molar-refractivity contribution is 5.74. The Bertz CT molecular complexity index is 552. The molecule has 1 aliphatic rings. The molecule has 1 fully saturated rings. The van der Waals surface area contributed by atoms with Crippen LogP contribution in [-0.2, 0) is 0 Å². The molecule has 20 heavy (non-hydrogen) atoms. The number of fused-ring (bicyclic) bond motifs is 1. The minimum Gasteiger partial charge on any atom is -0.423 e. The molecule has 1 atom stereocenters. The first kappa shape index (κ1) is 13.4. The number of hydrogen-bond donors (Lipinski definition) is 1. The second kappa shape index (κ2) is 5.09. The predicted molar refractivity (Wildman–Crippen MR) is 82.1 cm³/mol. The topological polar surface area (TPSA) is 41.3 Å². The van der Waals surface area contributed by atoms with Gasteiger partial charge in [-0.15, -0.1) is 0 Å². The lowest BCUT2D eigenvalue weighted by Gasteiger charge is -2.28. The van der Waals surface area contributed by atoms with Crippen molar-refractivity contribution >= 4 is 17.1 Å². The van der Waals surface area contributed by atoms with E-state index in [1.165, 1.54) is 12.8 Å². The Balaban J connectivity index is 1.77. The molecule has 0 aliphatic carbocycles. The summed E-state index contributed by atoms with van der Waals surface area (Å²) in [5, 5.41) is 3.59. The SMILES string of the molecule is CC(C)(C)NCC1CCCN1c1nc2ccccc2o1. The molecule has 0 amide bonds. The Hall–Kier alpha value is -1.55. The van der Waals surface area contributed by atoms with Crippen molar-refractivity contribution in [3.05, 3.63) is 24.3 Å². The van der Waals surface area contributed by atoms with E-state index in [0.29, 0.717) is 6.04 Å². The molecule has 1 N–H and O–H groups in total. The molecule has 108 valence electrons. The summed E-state index contributed by atoms with van der Waals surface area (Å²) in [6.07, 6.45) is 2.40. The molecular weight excluding hydrogens is 250 g/mol. The van der Waals surface area contributed by atoms with E-state index in [2.05, 4.69) is 36.0 Å². The van der Waals surface area contributed by atoms with E-state index in [-0.39, 0.29) is 5.54 Å². The van der Waals surface area contributed by atoms with Gasteiger partial charge in [-0.2, -0.15) is 4.98 Å².